The summed E-state index contributed by atoms with van der Waals surface area (Å²) < 4.78 is 10.5. The third-order valence-corrected chi connectivity index (χ3v) is 7.05. The predicted molar refractivity (Wildman–Crippen MR) is 156 cm³/mol. The molecule has 0 radical (unpaired) electrons. The Morgan fingerprint density at radius 3 is 1.62 bits per heavy atom. The summed E-state index contributed by atoms with van der Waals surface area (Å²) in [7, 11) is 1.53. The number of carboxylic acid groups (broad SMARTS) is 1. The van der Waals surface area contributed by atoms with Crippen molar-refractivity contribution in [3.8, 4) is 11.5 Å². The number of benzene rings is 3. The van der Waals surface area contributed by atoms with Crippen LogP contribution in [0.15, 0.2) is 60.7 Å². The van der Waals surface area contributed by atoms with Crippen LogP contribution in [0.1, 0.15) is 54.3 Å². The van der Waals surface area contributed by atoms with E-state index in [1.165, 1.54) is 43.5 Å². The predicted octanol–water partition coefficient (Wildman–Crippen LogP) is 2.41. The summed E-state index contributed by atoms with van der Waals surface area (Å²) in [4.78, 5) is 88.6. The lowest BCUT2D eigenvalue weighted by Gasteiger charge is -2.13. The van der Waals surface area contributed by atoms with Crippen LogP contribution in [-0.4, -0.2) is 83.1 Å². The molecule has 0 aromatic heterocycles. The number of aliphatic carboxylic acids is 1. The zero-order valence-corrected chi connectivity index (χ0v) is 23.8. The number of nitrogens with one attached hydrogen (secondary N) is 2. The van der Waals surface area contributed by atoms with Crippen molar-refractivity contribution < 1.29 is 48.1 Å². The van der Waals surface area contributed by atoms with Crippen LogP contribution in [0.4, 0.5) is 11.4 Å². The van der Waals surface area contributed by atoms with Gasteiger partial charge in [-0.3, -0.25) is 43.4 Å². The average molecular weight is 615 g/mol. The lowest BCUT2D eigenvalue weighted by atomic mass is 10.1. The van der Waals surface area contributed by atoms with Gasteiger partial charge in [-0.2, -0.15) is 0 Å². The standard InChI is InChI=1S/C31H26N4O10/c1-44-19-4-6-20(7-5-19)45-16-26(37)33-18-3-9-21-24(15-18)30(42)34(28(21)40)12-10-25(36)32-17-2-8-22-23(14-17)31(43)35(29(22)41)13-11-27(38)39/h2-9,14-15H,10-13,16H2,1H3,(H,32,36)(H,33,37)(H,38,39). The minimum absolute atomic E-state index is 0.0266. The van der Waals surface area contributed by atoms with Crippen LogP contribution in [0.25, 0.3) is 0 Å². The molecule has 14 heteroatoms. The van der Waals surface area contributed by atoms with Crippen LogP contribution in [0, 0.1) is 0 Å². The van der Waals surface area contributed by atoms with Gasteiger partial charge in [0.2, 0.25) is 5.91 Å². The molecule has 230 valence electrons. The van der Waals surface area contributed by atoms with Gasteiger partial charge in [0.05, 0.1) is 35.8 Å². The monoisotopic (exact) mass is 614 g/mol. The Hall–Kier alpha value is -6.05. The molecule has 0 aliphatic carbocycles. The largest absolute Gasteiger partial charge is 0.497 e. The van der Waals surface area contributed by atoms with E-state index in [2.05, 4.69) is 10.6 Å². The molecule has 3 aromatic carbocycles. The zero-order valence-electron chi connectivity index (χ0n) is 23.8. The molecular formula is C31H26N4O10. The Kier molecular flexibility index (Phi) is 8.56. The molecule has 6 amide bonds. The third-order valence-electron chi connectivity index (χ3n) is 7.05. The fourth-order valence-corrected chi connectivity index (χ4v) is 4.81. The minimum Gasteiger partial charge on any atom is -0.497 e. The van der Waals surface area contributed by atoms with E-state index in [0.717, 1.165) is 9.80 Å². The molecule has 45 heavy (non-hydrogen) atoms. The summed E-state index contributed by atoms with van der Waals surface area (Å²) in [6.45, 7) is -0.813. The van der Waals surface area contributed by atoms with Crippen molar-refractivity contribution in [3.05, 3.63) is 82.9 Å². The highest BCUT2D eigenvalue weighted by Gasteiger charge is 2.37. The van der Waals surface area contributed by atoms with Crippen molar-refractivity contribution >= 4 is 52.8 Å². The fraction of sp³-hybridized carbons (Fsp3) is 0.194. The van der Waals surface area contributed by atoms with Crippen molar-refractivity contribution in [2.75, 3.05) is 37.4 Å². The van der Waals surface area contributed by atoms with E-state index in [0.29, 0.717) is 11.5 Å². The molecule has 3 aromatic rings. The molecule has 2 heterocycles. The van der Waals surface area contributed by atoms with Crippen molar-refractivity contribution in [1.29, 1.82) is 0 Å². The van der Waals surface area contributed by atoms with Crippen LogP contribution in [0.3, 0.4) is 0 Å². The number of nitrogens with zero attached hydrogens (tertiary/aromatic N) is 2. The molecule has 14 nitrogen and oxygen atoms in total. The van der Waals surface area contributed by atoms with E-state index < -0.39 is 47.8 Å². The zero-order chi connectivity index (χ0) is 32.2. The van der Waals surface area contributed by atoms with Crippen LogP contribution in [-0.2, 0) is 14.4 Å². The number of carbonyl (C=O) groups is 7. The first-order chi connectivity index (χ1) is 21.5. The summed E-state index contributed by atoms with van der Waals surface area (Å²) in [5.41, 5.74) is 0.807. The number of rotatable bonds is 12. The Morgan fingerprint density at radius 1 is 0.644 bits per heavy atom. The van der Waals surface area contributed by atoms with E-state index in [1.807, 2.05) is 0 Å². The molecular weight excluding hydrogens is 588 g/mol. The smallest absolute Gasteiger partial charge is 0.305 e. The molecule has 0 fully saturated rings. The molecule has 2 aliphatic heterocycles. The number of carbonyl (C=O) groups excluding carboxylic acids is 6. The first-order valence-corrected chi connectivity index (χ1v) is 13.6. The van der Waals surface area contributed by atoms with Gasteiger partial charge in [-0.05, 0) is 60.7 Å². The van der Waals surface area contributed by atoms with Gasteiger partial charge in [0.15, 0.2) is 6.61 Å². The molecule has 0 unspecified atom stereocenters. The second kappa shape index (κ2) is 12.7. The molecule has 0 saturated heterocycles. The van der Waals surface area contributed by atoms with Gasteiger partial charge in [-0.15, -0.1) is 0 Å². The van der Waals surface area contributed by atoms with Gasteiger partial charge >= 0.3 is 5.97 Å². The van der Waals surface area contributed by atoms with Gasteiger partial charge in [-0.1, -0.05) is 0 Å². The van der Waals surface area contributed by atoms with Gasteiger partial charge in [0.25, 0.3) is 29.5 Å². The van der Waals surface area contributed by atoms with E-state index in [-0.39, 0.29) is 59.7 Å². The average Bonchev–Trinajstić information content (AvgIpc) is 3.40. The number of hydrogen-bond donors (Lipinski definition) is 3. The third kappa shape index (κ3) is 6.49. The maximum absolute atomic E-state index is 13.0. The van der Waals surface area contributed by atoms with Gasteiger partial charge in [-0.25, -0.2) is 0 Å². The van der Waals surface area contributed by atoms with Crippen LogP contribution in [0.2, 0.25) is 0 Å². The summed E-state index contributed by atoms with van der Waals surface area (Å²) >= 11 is 0. The summed E-state index contributed by atoms with van der Waals surface area (Å²) in [5, 5.41) is 14.1. The van der Waals surface area contributed by atoms with Gasteiger partial charge in [0, 0.05) is 30.9 Å². The van der Waals surface area contributed by atoms with Crippen LogP contribution in [0.5, 0.6) is 11.5 Å². The van der Waals surface area contributed by atoms with E-state index in [1.54, 1.807) is 24.3 Å². The quantitative estimate of drug-likeness (QED) is 0.256. The number of methoxy groups -OCH3 is 1. The lowest BCUT2D eigenvalue weighted by Crippen LogP contribution is -2.32. The highest BCUT2D eigenvalue weighted by atomic mass is 16.5. The maximum atomic E-state index is 13.0. The van der Waals surface area contributed by atoms with Gasteiger partial charge < -0.3 is 25.2 Å². The van der Waals surface area contributed by atoms with Crippen LogP contribution < -0.4 is 20.1 Å². The maximum Gasteiger partial charge on any atom is 0.305 e. The number of amides is 6. The number of imide groups is 2. The topological polar surface area (TPSA) is 189 Å². The summed E-state index contributed by atoms with van der Waals surface area (Å²) in [6, 6.07) is 15.0. The Morgan fingerprint density at radius 2 is 1.11 bits per heavy atom. The second-order valence-electron chi connectivity index (χ2n) is 10.00. The molecule has 0 spiro atoms. The van der Waals surface area contributed by atoms with Crippen molar-refractivity contribution in [2.24, 2.45) is 0 Å². The van der Waals surface area contributed by atoms with E-state index in [4.69, 9.17) is 14.6 Å². The summed E-state index contributed by atoms with van der Waals surface area (Å²) in [5.74, 6) is -3.61. The number of ether oxygens (including phenoxy) is 2. The number of fused-ring (bicyclic) bond motifs is 2. The first-order valence-electron chi connectivity index (χ1n) is 13.6. The number of carboxylic acids is 1. The molecule has 0 atom stereocenters. The molecule has 0 bridgehead atoms. The Labute approximate surface area is 255 Å². The lowest BCUT2D eigenvalue weighted by molar-refractivity contribution is -0.137. The summed E-state index contributed by atoms with van der Waals surface area (Å²) in [6.07, 6.45) is -0.657. The van der Waals surface area contributed by atoms with Crippen LogP contribution >= 0.6 is 0 Å². The highest BCUT2D eigenvalue weighted by molar-refractivity contribution is 6.23. The van der Waals surface area contributed by atoms with Crippen molar-refractivity contribution in [2.45, 2.75) is 12.8 Å². The van der Waals surface area contributed by atoms with Crippen molar-refractivity contribution in [3.63, 3.8) is 0 Å². The first kappa shape index (κ1) is 30.4. The normalized spacial score (nSPS) is 13.4. The van der Waals surface area contributed by atoms with Crippen molar-refractivity contribution in [1.82, 2.24) is 9.80 Å². The molecule has 2 aliphatic rings. The highest BCUT2D eigenvalue weighted by Crippen LogP contribution is 2.28. The van der Waals surface area contributed by atoms with E-state index in [9.17, 15) is 33.6 Å². The number of hydrogen-bond acceptors (Lipinski definition) is 9. The molecule has 5 rings (SSSR count). The SMILES string of the molecule is COc1ccc(OCC(=O)Nc2ccc3c(c2)C(=O)N(CCC(=O)Nc2ccc4c(c2)C(=O)N(CCC(=O)O)C4=O)C3=O)cc1. The molecule has 0 saturated carbocycles. The minimum atomic E-state index is -1.16. The Bertz CT molecular complexity index is 1750. The van der Waals surface area contributed by atoms with Gasteiger partial charge in [0.1, 0.15) is 11.5 Å². The fourth-order valence-electron chi connectivity index (χ4n) is 4.81. The second-order valence-corrected chi connectivity index (χ2v) is 10.00. The van der Waals surface area contributed by atoms with E-state index >= 15 is 0 Å². The number of anilines is 2. The Balaban J connectivity index is 1.14. The molecule has 3 N–H and O–H groups in total.